The van der Waals surface area contributed by atoms with Gasteiger partial charge in [-0.25, -0.2) is 9.67 Å². The van der Waals surface area contributed by atoms with Gasteiger partial charge in [0, 0.05) is 6.08 Å². The molecule has 2 aromatic carbocycles. The smallest absolute Gasteiger partial charge is 0.163 e. The fourth-order valence-electron chi connectivity index (χ4n) is 3.31. The van der Waals surface area contributed by atoms with Gasteiger partial charge in [-0.1, -0.05) is 30.3 Å². The molecule has 0 unspecified atom stereocenters. The zero-order chi connectivity index (χ0) is 22.1. The molecule has 0 fully saturated rings. The van der Waals surface area contributed by atoms with E-state index in [1.54, 1.807) is 18.2 Å². The lowest BCUT2D eigenvalue weighted by Gasteiger charge is -2.02. The highest BCUT2D eigenvalue weighted by atomic mass is 32.1. The number of anilines is 1. The average molecular weight is 434 g/mol. The summed E-state index contributed by atoms with van der Waals surface area (Å²) in [7, 11) is 0. The van der Waals surface area contributed by atoms with Crippen LogP contribution in [0.1, 0.15) is 17.0 Å². The van der Waals surface area contributed by atoms with Crippen molar-refractivity contribution in [2.45, 2.75) is 0 Å². The number of fused-ring (bicyclic) bond motifs is 1. The number of allylic oxidation sites excluding steroid dienone is 1. The summed E-state index contributed by atoms with van der Waals surface area (Å²) in [4.78, 5) is 4.59. The number of nitrogens with two attached hydrogens (primary N) is 1. The van der Waals surface area contributed by atoms with E-state index < -0.39 is 0 Å². The van der Waals surface area contributed by atoms with Crippen LogP contribution in [0, 0.1) is 22.7 Å². The molecule has 3 heterocycles. The van der Waals surface area contributed by atoms with E-state index in [1.165, 1.54) is 16.0 Å². The average Bonchev–Trinajstić information content (AvgIpc) is 3.54. The Morgan fingerprint density at radius 2 is 1.81 bits per heavy atom. The number of rotatable bonds is 4. The van der Waals surface area contributed by atoms with E-state index in [0.29, 0.717) is 17.2 Å². The van der Waals surface area contributed by atoms with Gasteiger partial charge in [-0.3, -0.25) is 0 Å². The molecule has 3 aromatic heterocycles. The van der Waals surface area contributed by atoms with Crippen LogP contribution >= 0.6 is 11.3 Å². The third kappa shape index (κ3) is 3.31. The minimum absolute atomic E-state index is 0.139. The normalized spacial score (nSPS) is 11.4. The van der Waals surface area contributed by atoms with E-state index in [1.807, 2.05) is 54.6 Å². The molecule has 0 aliphatic carbocycles. The zero-order valence-electron chi connectivity index (χ0n) is 16.6. The first-order valence-electron chi connectivity index (χ1n) is 9.60. The van der Waals surface area contributed by atoms with Crippen molar-refractivity contribution in [2.24, 2.45) is 0 Å². The van der Waals surface area contributed by atoms with Crippen LogP contribution in [0.25, 0.3) is 38.3 Å². The summed E-state index contributed by atoms with van der Waals surface area (Å²) in [6.07, 6.45) is 1.55. The number of hydrogen-bond donors (Lipinski definition) is 1. The van der Waals surface area contributed by atoms with Crippen molar-refractivity contribution in [1.82, 2.24) is 14.8 Å². The second-order valence-corrected chi connectivity index (χ2v) is 7.86. The molecule has 0 saturated carbocycles. The second kappa shape index (κ2) is 7.88. The van der Waals surface area contributed by atoms with Crippen LogP contribution in [0.2, 0.25) is 0 Å². The van der Waals surface area contributed by atoms with Gasteiger partial charge >= 0.3 is 0 Å². The Kier molecular flexibility index (Phi) is 4.75. The van der Waals surface area contributed by atoms with Gasteiger partial charge in [0.25, 0.3) is 0 Å². The Morgan fingerprint density at radius 3 is 2.56 bits per heavy atom. The molecule has 0 aliphatic rings. The van der Waals surface area contributed by atoms with E-state index >= 15 is 0 Å². The third-order valence-corrected chi connectivity index (χ3v) is 5.88. The van der Waals surface area contributed by atoms with Crippen LogP contribution in [-0.2, 0) is 0 Å². The summed E-state index contributed by atoms with van der Waals surface area (Å²) in [6, 6.07) is 24.8. The summed E-state index contributed by atoms with van der Waals surface area (Å²) in [5, 5.41) is 24.6. The summed E-state index contributed by atoms with van der Waals surface area (Å²) in [5.41, 5.74) is 8.27. The van der Waals surface area contributed by atoms with Gasteiger partial charge in [0.2, 0.25) is 0 Å². The minimum Gasteiger partial charge on any atom is -0.454 e. The molecule has 0 bridgehead atoms. The second-order valence-electron chi connectivity index (χ2n) is 6.83. The number of furan rings is 1. The van der Waals surface area contributed by atoms with Crippen LogP contribution in [-0.4, -0.2) is 14.8 Å². The third-order valence-electron chi connectivity index (χ3n) is 4.83. The van der Waals surface area contributed by atoms with Gasteiger partial charge in [-0.15, -0.1) is 11.3 Å². The van der Waals surface area contributed by atoms with E-state index in [-0.39, 0.29) is 22.6 Å². The van der Waals surface area contributed by atoms with Crippen LogP contribution < -0.4 is 5.73 Å². The van der Waals surface area contributed by atoms with Crippen molar-refractivity contribution in [3.05, 3.63) is 83.7 Å². The van der Waals surface area contributed by atoms with Gasteiger partial charge in [0.15, 0.2) is 10.8 Å². The van der Waals surface area contributed by atoms with E-state index in [9.17, 15) is 10.5 Å². The molecule has 0 saturated heterocycles. The fraction of sp³-hybridized carbons (Fsp3) is 0. The quantitative estimate of drug-likeness (QED) is 0.386. The van der Waals surface area contributed by atoms with Crippen LogP contribution in [0.4, 0.5) is 5.82 Å². The largest absolute Gasteiger partial charge is 0.454 e. The van der Waals surface area contributed by atoms with Gasteiger partial charge in [-0.2, -0.15) is 15.6 Å². The minimum atomic E-state index is 0.139. The Morgan fingerprint density at radius 1 is 1.03 bits per heavy atom. The predicted octanol–water partition coefficient (Wildman–Crippen LogP) is 5.26. The number of hydrogen-bond acceptors (Lipinski definition) is 7. The first-order chi connectivity index (χ1) is 15.7. The van der Waals surface area contributed by atoms with Crippen LogP contribution in [0.3, 0.4) is 0 Å². The lowest BCUT2D eigenvalue weighted by atomic mass is 10.1. The summed E-state index contributed by atoms with van der Waals surface area (Å²) in [5.74, 6) is 1.22. The number of para-hydroxylation sites is 2. The zero-order valence-corrected chi connectivity index (χ0v) is 17.4. The maximum Gasteiger partial charge on any atom is 0.163 e. The standard InChI is InChI=1S/C24H14N6OS/c25-13-15(22-18(14-26)23(27)30(29-22)16-6-2-1-3-7-16)12-17-10-11-20(31-17)24-28-19-8-4-5-9-21(19)32-24/h1-12H,27H2. The fourth-order valence-corrected chi connectivity index (χ4v) is 4.24. The predicted molar refractivity (Wildman–Crippen MR) is 123 cm³/mol. The van der Waals surface area contributed by atoms with Crippen molar-refractivity contribution >= 4 is 39.0 Å². The summed E-state index contributed by atoms with van der Waals surface area (Å²) < 4.78 is 8.44. The van der Waals surface area contributed by atoms with Gasteiger partial charge in [0.1, 0.15) is 35.0 Å². The molecule has 0 atom stereocenters. The van der Waals surface area contributed by atoms with Crippen molar-refractivity contribution in [2.75, 3.05) is 5.73 Å². The molecule has 5 rings (SSSR count). The Bertz CT molecular complexity index is 1530. The molecule has 5 aromatic rings. The van der Waals surface area contributed by atoms with Crippen molar-refractivity contribution in [1.29, 1.82) is 10.5 Å². The molecule has 0 spiro atoms. The van der Waals surface area contributed by atoms with Gasteiger partial charge in [0.05, 0.1) is 21.5 Å². The van der Waals surface area contributed by atoms with Crippen molar-refractivity contribution in [3.8, 4) is 28.6 Å². The first kappa shape index (κ1) is 19.3. The monoisotopic (exact) mass is 434 g/mol. The molecule has 0 radical (unpaired) electrons. The molecule has 152 valence electrons. The van der Waals surface area contributed by atoms with Crippen molar-refractivity contribution in [3.63, 3.8) is 0 Å². The SMILES string of the molecule is N#CC(=Cc1ccc(-c2nc3ccccc3s2)o1)c1nn(-c2ccccc2)c(N)c1C#N. The number of nitrogen functional groups attached to an aromatic ring is 1. The maximum atomic E-state index is 9.78. The summed E-state index contributed by atoms with van der Waals surface area (Å²) in [6.45, 7) is 0. The number of nitrogens with zero attached hydrogens (tertiary/aromatic N) is 5. The number of benzene rings is 2. The Balaban J connectivity index is 1.54. The Labute approximate surface area is 186 Å². The van der Waals surface area contributed by atoms with Crippen LogP contribution in [0.15, 0.2) is 71.1 Å². The molecular weight excluding hydrogens is 420 g/mol. The summed E-state index contributed by atoms with van der Waals surface area (Å²) >= 11 is 1.53. The van der Waals surface area contributed by atoms with E-state index in [4.69, 9.17) is 10.2 Å². The van der Waals surface area contributed by atoms with Gasteiger partial charge < -0.3 is 10.2 Å². The molecule has 32 heavy (non-hydrogen) atoms. The maximum absolute atomic E-state index is 9.78. The van der Waals surface area contributed by atoms with Crippen molar-refractivity contribution < 1.29 is 4.42 Å². The molecule has 0 amide bonds. The molecule has 2 N–H and O–H groups in total. The number of aromatic nitrogens is 3. The highest BCUT2D eigenvalue weighted by Gasteiger charge is 2.20. The number of thiazole rings is 1. The van der Waals surface area contributed by atoms with E-state index in [2.05, 4.69) is 22.2 Å². The van der Waals surface area contributed by atoms with E-state index in [0.717, 1.165) is 15.2 Å². The lowest BCUT2D eigenvalue weighted by Crippen LogP contribution is -2.02. The lowest BCUT2D eigenvalue weighted by molar-refractivity contribution is 0.571. The Hall–Kier alpha value is -4.66. The molecular formula is C24H14N6OS. The molecule has 8 heteroatoms. The van der Waals surface area contributed by atoms with Crippen LogP contribution in [0.5, 0.6) is 0 Å². The first-order valence-corrected chi connectivity index (χ1v) is 10.4. The highest BCUT2D eigenvalue weighted by molar-refractivity contribution is 7.21. The molecule has 0 aliphatic heterocycles. The number of nitriles is 2. The molecule has 7 nitrogen and oxygen atoms in total. The topological polar surface area (TPSA) is 117 Å². The highest BCUT2D eigenvalue weighted by Crippen LogP contribution is 2.32. The van der Waals surface area contributed by atoms with Gasteiger partial charge in [-0.05, 0) is 36.4 Å².